The van der Waals surface area contributed by atoms with E-state index in [1.807, 2.05) is 26.0 Å². The van der Waals surface area contributed by atoms with Gasteiger partial charge in [0.05, 0.1) is 16.4 Å². The van der Waals surface area contributed by atoms with E-state index in [9.17, 15) is 4.79 Å². The number of carbonyl (C=O) groups is 1. The number of thioether (sulfide) groups is 1. The molecule has 0 N–H and O–H groups in total. The second kappa shape index (κ2) is 6.59. The molecule has 0 aliphatic carbocycles. The van der Waals surface area contributed by atoms with Gasteiger partial charge < -0.3 is 0 Å². The molecule has 0 radical (unpaired) electrons. The summed E-state index contributed by atoms with van der Waals surface area (Å²) < 4.78 is 2.53. The first-order valence-electron chi connectivity index (χ1n) is 6.44. The van der Waals surface area contributed by atoms with Crippen molar-refractivity contribution >= 4 is 33.5 Å². The molecule has 106 valence electrons. The van der Waals surface area contributed by atoms with Gasteiger partial charge in [-0.2, -0.15) is 5.10 Å². The highest BCUT2D eigenvalue weighted by Gasteiger charge is 2.18. The van der Waals surface area contributed by atoms with Crippen molar-refractivity contribution < 1.29 is 4.79 Å². The van der Waals surface area contributed by atoms with Gasteiger partial charge in [-0.25, -0.2) is 0 Å². The molecule has 1 aromatic carbocycles. The van der Waals surface area contributed by atoms with Gasteiger partial charge in [0.2, 0.25) is 0 Å². The molecule has 0 aliphatic heterocycles. The lowest BCUT2D eigenvalue weighted by Crippen LogP contribution is -2.14. The Morgan fingerprint density at radius 1 is 1.35 bits per heavy atom. The molecule has 20 heavy (non-hydrogen) atoms. The lowest BCUT2D eigenvalue weighted by atomic mass is 10.2. The van der Waals surface area contributed by atoms with Crippen LogP contribution in [0.4, 0.5) is 0 Å². The molecule has 0 saturated heterocycles. The summed E-state index contributed by atoms with van der Waals surface area (Å²) in [4.78, 5) is 13.5. The number of aromatic nitrogens is 2. The van der Waals surface area contributed by atoms with Crippen LogP contribution in [0.1, 0.15) is 35.9 Å². The predicted molar refractivity (Wildman–Crippen MR) is 86.5 cm³/mol. The molecule has 0 unspecified atom stereocenters. The highest BCUT2D eigenvalue weighted by atomic mass is 79.9. The van der Waals surface area contributed by atoms with Crippen LogP contribution in [-0.4, -0.2) is 21.3 Å². The van der Waals surface area contributed by atoms with Gasteiger partial charge in [-0.3, -0.25) is 9.48 Å². The Morgan fingerprint density at radius 3 is 2.60 bits per heavy atom. The van der Waals surface area contributed by atoms with Crippen molar-refractivity contribution in [2.45, 2.75) is 31.7 Å². The molecule has 0 amide bonds. The predicted octanol–water partition coefficient (Wildman–Crippen LogP) is 4.51. The third-order valence-corrected chi connectivity index (χ3v) is 4.49. The van der Waals surface area contributed by atoms with Crippen LogP contribution in [0.3, 0.4) is 0 Å². The summed E-state index contributed by atoms with van der Waals surface area (Å²) in [5.74, 6) is 0.508. The zero-order valence-corrected chi connectivity index (χ0v) is 14.2. The maximum absolute atomic E-state index is 12.4. The minimum Gasteiger partial charge on any atom is -0.291 e. The molecule has 3 nitrogen and oxygen atoms in total. The van der Waals surface area contributed by atoms with Gasteiger partial charge >= 0.3 is 0 Å². The van der Waals surface area contributed by atoms with Gasteiger partial charge in [0, 0.05) is 10.9 Å². The summed E-state index contributed by atoms with van der Waals surface area (Å²) >= 11 is 4.96. The molecular weight excluding hydrogens is 336 g/mol. The quantitative estimate of drug-likeness (QED) is 0.586. The molecule has 5 heteroatoms. The van der Waals surface area contributed by atoms with Crippen molar-refractivity contribution in [2.24, 2.45) is 0 Å². The second-order valence-corrected chi connectivity index (χ2v) is 6.81. The number of hydrogen-bond donors (Lipinski definition) is 0. The monoisotopic (exact) mass is 352 g/mol. The molecule has 0 fully saturated rings. The lowest BCUT2D eigenvalue weighted by molar-refractivity contribution is 0.101. The highest BCUT2D eigenvalue weighted by molar-refractivity contribution is 9.10. The van der Waals surface area contributed by atoms with Gasteiger partial charge in [0.1, 0.15) is 5.69 Å². The van der Waals surface area contributed by atoms with Gasteiger partial charge in [-0.15, -0.1) is 11.8 Å². The topological polar surface area (TPSA) is 34.9 Å². The maximum atomic E-state index is 12.4. The first-order valence-corrected chi connectivity index (χ1v) is 8.22. The van der Waals surface area contributed by atoms with E-state index in [1.165, 1.54) is 5.56 Å². The van der Waals surface area contributed by atoms with Gasteiger partial charge in [-0.05, 0) is 48.8 Å². The van der Waals surface area contributed by atoms with Crippen LogP contribution in [-0.2, 0) is 0 Å². The highest BCUT2D eigenvalue weighted by Crippen LogP contribution is 2.24. The van der Waals surface area contributed by atoms with Crippen LogP contribution in [0.15, 0.2) is 39.8 Å². The molecule has 1 heterocycles. The summed E-state index contributed by atoms with van der Waals surface area (Å²) in [6.45, 7) is 6.09. The summed E-state index contributed by atoms with van der Waals surface area (Å²) in [7, 11) is 0. The Morgan fingerprint density at radius 2 is 2.00 bits per heavy atom. The third kappa shape index (κ3) is 3.52. The van der Waals surface area contributed by atoms with Crippen molar-refractivity contribution in [2.75, 3.05) is 5.75 Å². The minimum absolute atomic E-state index is 0.0913. The average molecular weight is 353 g/mol. The van der Waals surface area contributed by atoms with Crippen LogP contribution < -0.4 is 0 Å². The fourth-order valence-electron chi connectivity index (χ4n) is 1.85. The molecule has 2 rings (SSSR count). The number of halogens is 1. The average Bonchev–Trinajstić information content (AvgIpc) is 2.80. The molecule has 0 bridgehead atoms. The van der Waals surface area contributed by atoms with Gasteiger partial charge in [0.15, 0.2) is 5.78 Å². The Hall–Kier alpha value is -1.07. The van der Waals surface area contributed by atoms with E-state index in [4.69, 9.17) is 0 Å². The summed E-state index contributed by atoms with van der Waals surface area (Å²) in [5.41, 5.74) is 1.88. The van der Waals surface area contributed by atoms with Crippen molar-refractivity contribution in [3.05, 3.63) is 46.2 Å². The number of aryl methyl sites for hydroxylation is 1. The number of carbonyl (C=O) groups excluding carboxylic acids is 1. The van der Waals surface area contributed by atoms with Crippen LogP contribution in [0, 0.1) is 6.92 Å². The van der Waals surface area contributed by atoms with Crippen LogP contribution in [0.2, 0.25) is 0 Å². The third-order valence-electron chi connectivity index (χ3n) is 2.89. The largest absolute Gasteiger partial charge is 0.291 e. The number of rotatable bonds is 5. The standard InChI is InChI=1S/C15H17BrN2OS/c1-10(2)18-15(13(16)8-17-18)14(19)9-20-12-6-4-11(3)5-7-12/h4-8,10H,9H2,1-3H3. The molecule has 0 saturated carbocycles. The van der Waals surface area contributed by atoms with Crippen LogP contribution in [0.25, 0.3) is 0 Å². The molecule has 2 aromatic rings. The Kier molecular flexibility index (Phi) is 5.05. The van der Waals surface area contributed by atoms with E-state index in [0.29, 0.717) is 11.4 Å². The number of ketones is 1. The number of hydrogen-bond acceptors (Lipinski definition) is 3. The van der Waals surface area contributed by atoms with Crippen LogP contribution in [0.5, 0.6) is 0 Å². The van der Waals surface area contributed by atoms with Gasteiger partial charge in [0.25, 0.3) is 0 Å². The lowest BCUT2D eigenvalue weighted by Gasteiger charge is -2.10. The van der Waals surface area contributed by atoms with Crippen molar-refractivity contribution in [3.8, 4) is 0 Å². The smallest absolute Gasteiger partial charge is 0.192 e. The van der Waals surface area contributed by atoms with E-state index < -0.39 is 0 Å². The molecule has 0 aliphatic rings. The van der Waals surface area contributed by atoms with Gasteiger partial charge in [-0.1, -0.05) is 17.7 Å². The number of benzene rings is 1. The summed E-state index contributed by atoms with van der Waals surface area (Å²) in [6, 6.07) is 8.37. The van der Waals surface area contributed by atoms with E-state index in [-0.39, 0.29) is 11.8 Å². The fraction of sp³-hybridized carbons (Fsp3) is 0.333. The molecule has 0 spiro atoms. The minimum atomic E-state index is 0.0913. The molecular formula is C15H17BrN2OS. The SMILES string of the molecule is Cc1ccc(SCC(=O)c2c(Br)cnn2C(C)C)cc1. The van der Waals surface area contributed by atoms with Crippen molar-refractivity contribution in [1.29, 1.82) is 0 Å². The van der Waals surface area contributed by atoms with E-state index in [2.05, 4.69) is 40.1 Å². The van der Waals surface area contributed by atoms with Crippen molar-refractivity contribution in [3.63, 3.8) is 0 Å². The first kappa shape index (κ1) is 15.3. The first-order chi connectivity index (χ1) is 9.49. The van der Waals surface area contributed by atoms with E-state index in [1.54, 1.807) is 22.6 Å². The van der Waals surface area contributed by atoms with Crippen LogP contribution >= 0.6 is 27.7 Å². The van der Waals surface area contributed by atoms with Crippen molar-refractivity contribution in [1.82, 2.24) is 9.78 Å². The Bertz CT molecular complexity index is 605. The summed E-state index contributed by atoms with van der Waals surface area (Å²) in [5, 5.41) is 4.24. The molecule has 0 atom stereocenters. The Balaban J connectivity index is 2.09. The molecule has 1 aromatic heterocycles. The van der Waals surface area contributed by atoms with E-state index in [0.717, 1.165) is 9.37 Å². The summed E-state index contributed by atoms with van der Waals surface area (Å²) in [6.07, 6.45) is 1.68. The second-order valence-electron chi connectivity index (χ2n) is 4.90. The zero-order chi connectivity index (χ0) is 14.7. The number of nitrogens with zero attached hydrogens (tertiary/aromatic N) is 2. The Labute approximate surface area is 131 Å². The number of Topliss-reactive ketones (excluding diaryl/α,β-unsaturated/α-hetero) is 1. The fourth-order valence-corrected chi connectivity index (χ4v) is 3.10. The van der Waals surface area contributed by atoms with E-state index >= 15 is 0 Å². The normalized spacial score (nSPS) is 11.1. The maximum Gasteiger partial charge on any atom is 0.192 e. The zero-order valence-electron chi connectivity index (χ0n) is 11.8.